The van der Waals surface area contributed by atoms with E-state index in [1.807, 2.05) is 29.8 Å². The molecule has 0 atom stereocenters. The van der Waals surface area contributed by atoms with Crippen LogP contribution in [0.3, 0.4) is 0 Å². The van der Waals surface area contributed by atoms with Crippen LogP contribution in [0, 0.1) is 0 Å². The molecule has 2 N–H and O–H groups in total. The van der Waals surface area contributed by atoms with Crippen LogP contribution in [-0.2, 0) is 19.6 Å². The van der Waals surface area contributed by atoms with Gasteiger partial charge in [-0.1, -0.05) is 18.2 Å². The minimum Gasteiger partial charge on any atom is -0.478 e. The Hall–Kier alpha value is -1.85. The summed E-state index contributed by atoms with van der Waals surface area (Å²) >= 11 is 0. The van der Waals surface area contributed by atoms with Gasteiger partial charge < -0.3 is 10.4 Å². The summed E-state index contributed by atoms with van der Waals surface area (Å²) in [6, 6.07) is 8.99. The van der Waals surface area contributed by atoms with E-state index in [0.717, 1.165) is 17.8 Å². The normalized spacial score (nSPS) is 10.1. The van der Waals surface area contributed by atoms with Crippen molar-refractivity contribution in [2.24, 2.45) is 0 Å². The summed E-state index contributed by atoms with van der Waals surface area (Å²) in [5.41, 5.74) is 2.23. The molecule has 108 valence electrons. The Bertz CT molecular complexity index is 569. The zero-order chi connectivity index (χ0) is 13.7. The number of rotatable bonds is 6. The molecule has 1 aromatic carbocycles. The Morgan fingerprint density at radius 1 is 1.30 bits per heavy atom. The van der Waals surface area contributed by atoms with Gasteiger partial charge in [-0.3, -0.25) is 4.68 Å². The maximum Gasteiger partial charge on any atom is 0.336 e. The minimum absolute atomic E-state index is 0. The lowest BCUT2D eigenvalue weighted by Crippen LogP contribution is -2.17. The highest BCUT2D eigenvalue weighted by Gasteiger charge is 2.08. The van der Waals surface area contributed by atoms with Gasteiger partial charge in [-0.2, -0.15) is 5.10 Å². The molecule has 0 unspecified atom stereocenters. The second-order valence-electron chi connectivity index (χ2n) is 4.20. The van der Waals surface area contributed by atoms with Gasteiger partial charge in [0.25, 0.3) is 0 Å². The molecular formula is C14H18ClN3O2. The van der Waals surface area contributed by atoms with Gasteiger partial charge in [-0.05, 0) is 24.6 Å². The Kier molecular flexibility index (Phi) is 6.21. The molecule has 0 aliphatic carbocycles. The van der Waals surface area contributed by atoms with Gasteiger partial charge in [-0.25, -0.2) is 4.79 Å². The maximum absolute atomic E-state index is 11.1. The van der Waals surface area contributed by atoms with Crippen molar-refractivity contribution in [3.05, 3.63) is 53.3 Å². The number of carboxylic acids is 1. The number of hydrogen-bond donors (Lipinski definition) is 2. The van der Waals surface area contributed by atoms with E-state index in [1.54, 1.807) is 18.3 Å². The topological polar surface area (TPSA) is 67.2 Å². The fraction of sp³-hybridized carbons (Fsp3) is 0.286. The average Bonchev–Trinajstić information content (AvgIpc) is 2.86. The lowest BCUT2D eigenvalue weighted by molar-refractivity contribution is 0.0695. The lowest BCUT2D eigenvalue weighted by atomic mass is 10.1. The highest BCUT2D eigenvalue weighted by Crippen LogP contribution is 2.09. The van der Waals surface area contributed by atoms with Crippen molar-refractivity contribution in [3.63, 3.8) is 0 Å². The lowest BCUT2D eigenvalue weighted by Gasteiger charge is -2.09. The van der Waals surface area contributed by atoms with Gasteiger partial charge in [0.1, 0.15) is 0 Å². The number of carbonyl (C=O) groups is 1. The molecule has 6 heteroatoms. The molecule has 0 bridgehead atoms. The van der Waals surface area contributed by atoms with Crippen molar-refractivity contribution in [1.29, 1.82) is 0 Å². The van der Waals surface area contributed by atoms with Crippen LogP contribution in [0.15, 0.2) is 36.5 Å². The molecule has 0 saturated heterocycles. The van der Waals surface area contributed by atoms with Crippen LogP contribution in [0.5, 0.6) is 0 Å². The van der Waals surface area contributed by atoms with Gasteiger partial charge in [-0.15, -0.1) is 12.4 Å². The fourth-order valence-corrected chi connectivity index (χ4v) is 2.00. The van der Waals surface area contributed by atoms with E-state index >= 15 is 0 Å². The van der Waals surface area contributed by atoms with E-state index in [9.17, 15) is 4.79 Å². The number of aromatic carboxylic acids is 1. The fourth-order valence-electron chi connectivity index (χ4n) is 2.00. The predicted octanol–water partition coefficient (Wildman–Crippen LogP) is 2.31. The summed E-state index contributed by atoms with van der Waals surface area (Å²) in [5.74, 6) is -0.893. The van der Waals surface area contributed by atoms with Crippen molar-refractivity contribution < 1.29 is 9.90 Å². The zero-order valence-electron chi connectivity index (χ0n) is 11.2. The van der Waals surface area contributed by atoms with Crippen LogP contribution < -0.4 is 5.32 Å². The van der Waals surface area contributed by atoms with Crippen molar-refractivity contribution in [2.45, 2.75) is 26.6 Å². The van der Waals surface area contributed by atoms with Crippen LogP contribution in [0.2, 0.25) is 0 Å². The number of nitrogens with zero attached hydrogens (tertiary/aromatic N) is 2. The maximum atomic E-state index is 11.1. The molecule has 2 aromatic rings. The second-order valence-corrected chi connectivity index (χ2v) is 4.20. The Morgan fingerprint density at radius 3 is 2.75 bits per heavy atom. The second kappa shape index (κ2) is 7.67. The third-order valence-electron chi connectivity index (χ3n) is 2.97. The van der Waals surface area contributed by atoms with Gasteiger partial charge in [0, 0.05) is 25.8 Å². The highest BCUT2D eigenvalue weighted by molar-refractivity contribution is 5.89. The van der Waals surface area contributed by atoms with Crippen molar-refractivity contribution >= 4 is 18.4 Å². The smallest absolute Gasteiger partial charge is 0.336 e. The van der Waals surface area contributed by atoms with Crippen molar-refractivity contribution in [3.8, 4) is 0 Å². The number of aryl methyl sites for hydroxylation is 1. The van der Waals surface area contributed by atoms with Crippen LogP contribution in [0.1, 0.15) is 28.5 Å². The Balaban J connectivity index is 0.00000200. The van der Waals surface area contributed by atoms with Crippen LogP contribution >= 0.6 is 12.4 Å². The summed E-state index contributed by atoms with van der Waals surface area (Å²) < 4.78 is 1.91. The van der Waals surface area contributed by atoms with E-state index in [2.05, 4.69) is 10.4 Å². The average molecular weight is 296 g/mol. The molecule has 0 spiro atoms. The van der Waals surface area contributed by atoms with Gasteiger partial charge in [0.2, 0.25) is 0 Å². The number of aromatic nitrogens is 2. The van der Waals surface area contributed by atoms with Crippen molar-refractivity contribution in [1.82, 2.24) is 15.1 Å². The summed E-state index contributed by atoms with van der Waals surface area (Å²) in [5, 5.41) is 16.5. The first-order valence-electron chi connectivity index (χ1n) is 6.25. The van der Waals surface area contributed by atoms with Crippen molar-refractivity contribution in [2.75, 3.05) is 0 Å². The minimum atomic E-state index is -0.893. The SMILES string of the molecule is CCn1nccc1CNCc1ccccc1C(=O)O.Cl. The number of hydrogen-bond acceptors (Lipinski definition) is 3. The van der Waals surface area contributed by atoms with E-state index < -0.39 is 5.97 Å². The van der Waals surface area contributed by atoms with E-state index in [0.29, 0.717) is 18.7 Å². The molecule has 5 nitrogen and oxygen atoms in total. The quantitative estimate of drug-likeness (QED) is 0.858. The monoisotopic (exact) mass is 295 g/mol. The van der Waals surface area contributed by atoms with Crippen LogP contribution in [0.4, 0.5) is 0 Å². The largest absolute Gasteiger partial charge is 0.478 e. The molecule has 0 radical (unpaired) electrons. The summed E-state index contributed by atoms with van der Waals surface area (Å²) in [4.78, 5) is 11.1. The van der Waals surface area contributed by atoms with E-state index in [-0.39, 0.29) is 12.4 Å². The van der Waals surface area contributed by atoms with Crippen LogP contribution in [0.25, 0.3) is 0 Å². The number of carboxylic acid groups (broad SMARTS) is 1. The van der Waals surface area contributed by atoms with E-state index in [4.69, 9.17) is 5.11 Å². The standard InChI is InChI=1S/C14H17N3O2.ClH/c1-2-17-12(7-8-16-17)10-15-9-11-5-3-4-6-13(11)14(18)19;/h3-8,15H,2,9-10H2,1H3,(H,18,19);1H. The first kappa shape index (κ1) is 16.2. The first-order chi connectivity index (χ1) is 9.22. The van der Waals surface area contributed by atoms with Gasteiger partial charge >= 0.3 is 5.97 Å². The number of benzene rings is 1. The summed E-state index contributed by atoms with van der Waals surface area (Å²) in [6.45, 7) is 4.06. The number of halogens is 1. The molecule has 0 aliphatic rings. The molecule has 0 aliphatic heterocycles. The molecule has 0 fully saturated rings. The number of nitrogens with one attached hydrogen (secondary N) is 1. The molecule has 0 amide bonds. The molecule has 2 rings (SSSR count). The molecular weight excluding hydrogens is 278 g/mol. The third-order valence-corrected chi connectivity index (χ3v) is 2.97. The van der Waals surface area contributed by atoms with Crippen LogP contribution in [-0.4, -0.2) is 20.9 Å². The third kappa shape index (κ3) is 3.82. The molecule has 0 saturated carbocycles. The highest BCUT2D eigenvalue weighted by atomic mass is 35.5. The predicted molar refractivity (Wildman–Crippen MR) is 79.1 cm³/mol. The molecule has 1 aromatic heterocycles. The first-order valence-corrected chi connectivity index (χ1v) is 6.25. The Labute approximate surface area is 124 Å². The molecule has 20 heavy (non-hydrogen) atoms. The van der Waals surface area contributed by atoms with Gasteiger partial charge in [0.15, 0.2) is 0 Å². The van der Waals surface area contributed by atoms with Gasteiger partial charge in [0.05, 0.1) is 11.3 Å². The zero-order valence-corrected chi connectivity index (χ0v) is 12.1. The molecule has 1 heterocycles. The Morgan fingerprint density at radius 2 is 2.05 bits per heavy atom. The van der Waals surface area contributed by atoms with E-state index in [1.165, 1.54) is 0 Å². The summed E-state index contributed by atoms with van der Waals surface area (Å²) in [6.07, 6.45) is 1.77. The summed E-state index contributed by atoms with van der Waals surface area (Å²) in [7, 11) is 0.